The van der Waals surface area contributed by atoms with Gasteiger partial charge in [-0.2, -0.15) is 0 Å². The Hall–Kier alpha value is -2.11. The largest absolute Gasteiger partial charge is 0.508 e. The van der Waals surface area contributed by atoms with Crippen LogP contribution in [0.15, 0.2) is 36.4 Å². The predicted molar refractivity (Wildman–Crippen MR) is 91.9 cm³/mol. The molecule has 0 fully saturated rings. The Morgan fingerprint density at radius 2 is 1.83 bits per heavy atom. The first-order valence-corrected chi connectivity index (χ1v) is 7.78. The molecule has 0 saturated carbocycles. The Morgan fingerprint density at radius 3 is 2.48 bits per heavy atom. The quantitative estimate of drug-likeness (QED) is 0.629. The van der Waals surface area contributed by atoms with Crippen LogP contribution in [0.3, 0.4) is 0 Å². The van der Waals surface area contributed by atoms with Gasteiger partial charge >= 0.3 is 0 Å². The third kappa shape index (κ3) is 5.23. The van der Waals surface area contributed by atoms with Crippen molar-refractivity contribution in [3.8, 4) is 5.75 Å². The molecule has 1 aromatic carbocycles. The van der Waals surface area contributed by atoms with Gasteiger partial charge in [0.2, 0.25) is 0 Å². The van der Waals surface area contributed by atoms with Crippen LogP contribution in [0.5, 0.6) is 5.75 Å². The molecule has 0 aliphatic rings. The first-order chi connectivity index (χ1) is 10.9. The minimum absolute atomic E-state index is 0.0434. The number of rotatable bonds is 7. The van der Waals surface area contributed by atoms with Crippen molar-refractivity contribution in [2.45, 2.75) is 45.4 Å². The van der Waals surface area contributed by atoms with Gasteiger partial charge in [-0.1, -0.05) is 18.2 Å². The van der Waals surface area contributed by atoms with Crippen LogP contribution < -0.4 is 11.1 Å². The molecule has 0 atom stereocenters. The lowest BCUT2D eigenvalue weighted by molar-refractivity contribution is 0.278. The van der Waals surface area contributed by atoms with Crippen molar-refractivity contribution in [1.82, 2.24) is 10.3 Å². The van der Waals surface area contributed by atoms with Gasteiger partial charge in [-0.15, -0.1) is 0 Å². The van der Waals surface area contributed by atoms with Gasteiger partial charge < -0.3 is 21.3 Å². The Bertz CT molecular complexity index is 639. The zero-order chi connectivity index (χ0) is 16.9. The monoisotopic (exact) mass is 315 g/mol. The van der Waals surface area contributed by atoms with Crippen LogP contribution >= 0.6 is 0 Å². The number of nitrogen functional groups attached to an aromatic ring is 1. The Morgan fingerprint density at radius 1 is 1.13 bits per heavy atom. The number of aliphatic hydroxyl groups is 1. The smallest absolute Gasteiger partial charge is 0.123 e. The van der Waals surface area contributed by atoms with Gasteiger partial charge in [-0.3, -0.25) is 0 Å². The molecule has 0 spiro atoms. The van der Waals surface area contributed by atoms with E-state index in [1.807, 2.05) is 18.2 Å². The lowest BCUT2D eigenvalue weighted by Gasteiger charge is -2.27. The van der Waals surface area contributed by atoms with E-state index in [4.69, 9.17) is 5.73 Å². The van der Waals surface area contributed by atoms with Crippen LogP contribution in [0.25, 0.3) is 0 Å². The second-order valence-corrected chi connectivity index (χ2v) is 6.40. The molecule has 23 heavy (non-hydrogen) atoms. The van der Waals surface area contributed by atoms with E-state index in [0.717, 1.165) is 24.1 Å². The molecule has 2 aromatic rings. The SMILES string of the molecule is CC(C)(CCc1ccc(O)cc1)NCc1nc(N)ccc1CO. The molecule has 0 aliphatic carbocycles. The minimum Gasteiger partial charge on any atom is -0.508 e. The Balaban J connectivity index is 1.93. The number of nitrogens with two attached hydrogens (primary N) is 1. The highest BCUT2D eigenvalue weighted by molar-refractivity contribution is 5.34. The molecule has 1 aromatic heterocycles. The number of nitrogens with zero attached hydrogens (tertiary/aromatic N) is 1. The van der Waals surface area contributed by atoms with Gasteiger partial charge in [0.25, 0.3) is 0 Å². The molecule has 0 unspecified atom stereocenters. The number of anilines is 1. The maximum absolute atomic E-state index is 9.38. The summed E-state index contributed by atoms with van der Waals surface area (Å²) in [6.07, 6.45) is 1.85. The zero-order valence-electron chi connectivity index (χ0n) is 13.7. The fourth-order valence-corrected chi connectivity index (χ4v) is 2.37. The molecule has 5 nitrogen and oxygen atoms in total. The second-order valence-electron chi connectivity index (χ2n) is 6.40. The number of nitrogens with one attached hydrogen (secondary N) is 1. The fraction of sp³-hybridized carbons (Fsp3) is 0.389. The van der Waals surface area contributed by atoms with E-state index in [0.29, 0.717) is 12.4 Å². The molecule has 5 N–H and O–H groups in total. The van der Waals surface area contributed by atoms with Crippen molar-refractivity contribution in [2.24, 2.45) is 0 Å². The lowest BCUT2D eigenvalue weighted by atomic mass is 9.95. The zero-order valence-corrected chi connectivity index (χ0v) is 13.7. The summed E-state index contributed by atoms with van der Waals surface area (Å²) in [5.74, 6) is 0.747. The number of phenols is 1. The van der Waals surface area contributed by atoms with Crippen molar-refractivity contribution < 1.29 is 10.2 Å². The van der Waals surface area contributed by atoms with E-state index < -0.39 is 0 Å². The fourth-order valence-electron chi connectivity index (χ4n) is 2.37. The maximum Gasteiger partial charge on any atom is 0.123 e. The van der Waals surface area contributed by atoms with Crippen molar-refractivity contribution in [3.63, 3.8) is 0 Å². The summed E-state index contributed by atoms with van der Waals surface area (Å²) in [4.78, 5) is 4.30. The summed E-state index contributed by atoms with van der Waals surface area (Å²) in [6.45, 7) is 4.79. The first kappa shape index (κ1) is 17.2. The van der Waals surface area contributed by atoms with Crippen molar-refractivity contribution in [1.29, 1.82) is 0 Å². The number of pyridine rings is 1. The minimum atomic E-state index is -0.0864. The molecule has 5 heteroatoms. The summed E-state index contributed by atoms with van der Waals surface area (Å²) >= 11 is 0. The van der Waals surface area contributed by atoms with Gasteiger partial charge in [0.05, 0.1) is 12.3 Å². The van der Waals surface area contributed by atoms with Crippen LogP contribution in [-0.2, 0) is 19.6 Å². The van der Waals surface area contributed by atoms with Crippen LogP contribution in [0.1, 0.15) is 37.1 Å². The second kappa shape index (κ2) is 7.44. The molecule has 0 radical (unpaired) electrons. The number of phenolic OH excluding ortho intramolecular Hbond substituents is 1. The molecule has 2 rings (SSSR count). The summed E-state index contributed by atoms with van der Waals surface area (Å²) in [5, 5.41) is 22.2. The molecule has 0 amide bonds. The van der Waals surface area contributed by atoms with E-state index in [1.54, 1.807) is 18.2 Å². The molecule has 124 valence electrons. The molecule has 1 heterocycles. The predicted octanol–water partition coefficient (Wildman–Crippen LogP) is 2.36. The summed E-state index contributed by atoms with van der Waals surface area (Å²) < 4.78 is 0. The summed E-state index contributed by atoms with van der Waals surface area (Å²) in [5.41, 5.74) is 8.41. The van der Waals surface area contributed by atoms with Gasteiger partial charge in [-0.05, 0) is 50.5 Å². The summed E-state index contributed by atoms with van der Waals surface area (Å²) in [7, 11) is 0. The topological polar surface area (TPSA) is 91.4 Å². The van der Waals surface area contributed by atoms with E-state index in [-0.39, 0.29) is 17.9 Å². The molecular weight excluding hydrogens is 290 g/mol. The van der Waals surface area contributed by atoms with Crippen LogP contribution in [-0.4, -0.2) is 20.7 Å². The number of aromatic hydroxyl groups is 1. The number of hydrogen-bond donors (Lipinski definition) is 4. The van der Waals surface area contributed by atoms with Crippen molar-refractivity contribution >= 4 is 5.82 Å². The van der Waals surface area contributed by atoms with Crippen molar-refractivity contribution in [3.05, 3.63) is 53.2 Å². The Kier molecular flexibility index (Phi) is 5.58. The molecule has 0 saturated heterocycles. The highest BCUT2D eigenvalue weighted by atomic mass is 16.3. The third-order valence-electron chi connectivity index (χ3n) is 3.97. The normalized spacial score (nSPS) is 11.6. The van der Waals surface area contributed by atoms with Crippen molar-refractivity contribution in [2.75, 3.05) is 5.73 Å². The number of aromatic nitrogens is 1. The van der Waals surface area contributed by atoms with E-state index in [2.05, 4.69) is 24.1 Å². The van der Waals surface area contributed by atoms with E-state index >= 15 is 0 Å². The Labute approximate surface area is 137 Å². The molecule has 0 bridgehead atoms. The highest BCUT2D eigenvalue weighted by Gasteiger charge is 2.18. The highest BCUT2D eigenvalue weighted by Crippen LogP contribution is 2.17. The van der Waals surface area contributed by atoms with Gasteiger partial charge in [0.15, 0.2) is 0 Å². The van der Waals surface area contributed by atoms with E-state index in [1.165, 1.54) is 5.56 Å². The standard InChI is InChI=1S/C18H25N3O2/c1-18(2,10-9-13-3-6-15(23)7-4-13)20-11-16-14(12-22)5-8-17(19)21-16/h3-8,20,22-23H,9-12H2,1-2H3,(H2,19,21). The number of aliphatic hydroxyl groups excluding tert-OH is 1. The number of hydrogen-bond acceptors (Lipinski definition) is 5. The number of aryl methyl sites for hydroxylation is 1. The third-order valence-corrected chi connectivity index (χ3v) is 3.97. The maximum atomic E-state index is 9.38. The van der Waals surface area contributed by atoms with Crippen LogP contribution in [0.2, 0.25) is 0 Å². The first-order valence-electron chi connectivity index (χ1n) is 7.78. The molecule has 0 aliphatic heterocycles. The molecular formula is C18H25N3O2. The summed E-state index contributed by atoms with van der Waals surface area (Å²) in [6, 6.07) is 10.8. The van der Waals surface area contributed by atoms with Crippen LogP contribution in [0.4, 0.5) is 5.82 Å². The average Bonchev–Trinajstić information content (AvgIpc) is 2.53. The number of benzene rings is 1. The van der Waals surface area contributed by atoms with Gasteiger partial charge in [0.1, 0.15) is 11.6 Å². The lowest BCUT2D eigenvalue weighted by Crippen LogP contribution is -2.39. The van der Waals surface area contributed by atoms with E-state index in [9.17, 15) is 10.2 Å². The van der Waals surface area contributed by atoms with Crippen LogP contribution in [0, 0.1) is 0 Å². The van der Waals surface area contributed by atoms with Gasteiger partial charge in [-0.25, -0.2) is 4.98 Å². The average molecular weight is 315 g/mol. The van der Waals surface area contributed by atoms with Gasteiger partial charge in [0, 0.05) is 17.6 Å².